The fourth-order valence-electron chi connectivity index (χ4n) is 2.59. The van der Waals surface area contributed by atoms with Gasteiger partial charge in [-0.15, -0.1) is 13.2 Å². The smallest absolute Gasteiger partial charge is 0.406 e. The number of piperazine rings is 1. The maximum atomic E-state index is 12.1. The van der Waals surface area contributed by atoms with Crippen molar-refractivity contribution in [3.63, 3.8) is 0 Å². The van der Waals surface area contributed by atoms with E-state index in [2.05, 4.69) is 39.8 Å². The summed E-state index contributed by atoms with van der Waals surface area (Å²) in [5.41, 5.74) is 1.73. The van der Waals surface area contributed by atoms with Gasteiger partial charge in [-0.25, -0.2) is 0 Å². The zero-order chi connectivity index (χ0) is 19.2. The van der Waals surface area contributed by atoms with Crippen molar-refractivity contribution in [1.29, 1.82) is 0 Å². The van der Waals surface area contributed by atoms with Crippen LogP contribution in [-0.2, 0) is 4.79 Å². The van der Waals surface area contributed by atoms with Gasteiger partial charge < -0.3 is 10.1 Å². The third-order valence-corrected chi connectivity index (χ3v) is 3.96. The van der Waals surface area contributed by atoms with Crippen molar-refractivity contribution >= 4 is 11.6 Å². The summed E-state index contributed by atoms with van der Waals surface area (Å²) in [5, 5.41) is 2.69. The van der Waals surface area contributed by atoms with E-state index in [0.717, 1.165) is 32.7 Å². The Morgan fingerprint density at radius 2 is 1.69 bits per heavy atom. The summed E-state index contributed by atoms with van der Waals surface area (Å²) in [6, 6.07) is 5.11. The van der Waals surface area contributed by atoms with E-state index >= 15 is 0 Å². The highest BCUT2D eigenvalue weighted by molar-refractivity contribution is 5.92. The van der Waals surface area contributed by atoms with E-state index in [1.54, 1.807) is 0 Å². The number of hydrogen-bond acceptors (Lipinski definition) is 4. The standard InChI is InChI=1S/C18H24F3N3O2/c1-14(2)7-8-23-9-11-24(12-10-23)13-17(25)22-15-3-5-16(6-4-15)26-18(19,20)21/h3-7H,8-13H2,1-2H3,(H,22,25). The maximum Gasteiger partial charge on any atom is 0.573 e. The molecular formula is C18H24F3N3O2. The molecule has 0 radical (unpaired) electrons. The van der Waals surface area contributed by atoms with Gasteiger partial charge in [-0.1, -0.05) is 11.6 Å². The van der Waals surface area contributed by atoms with Gasteiger partial charge in [-0.3, -0.25) is 14.6 Å². The molecule has 1 saturated heterocycles. The van der Waals surface area contributed by atoms with E-state index in [9.17, 15) is 18.0 Å². The molecule has 0 spiro atoms. The van der Waals surface area contributed by atoms with Crippen molar-refractivity contribution in [3.8, 4) is 5.75 Å². The summed E-state index contributed by atoms with van der Waals surface area (Å²) >= 11 is 0. The average molecular weight is 371 g/mol. The first-order valence-corrected chi connectivity index (χ1v) is 8.45. The number of nitrogens with zero attached hydrogens (tertiary/aromatic N) is 2. The summed E-state index contributed by atoms with van der Waals surface area (Å²) in [4.78, 5) is 16.5. The predicted molar refractivity (Wildman–Crippen MR) is 94.1 cm³/mol. The van der Waals surface area contributed by atoms with Crippen LogP contribution in [-0.4, -0.2) is 61.3 Å². The van der Waals surface area contributed by atoms with Gasteiger partial charge >= 0.3 is 6.36 Å². The topological polar surface area (TPSA) is 44.8 Å². The summed E-state index contributed by atoms with van der Waals surface area (Å²) in [7, 11) is 0. The number of halogens is 3. The zero-order valence-corrected chi connectivity index (χ0v) is 15.0. The molecular weight excluding hydrogens is 347 g/mol. The number of amides is 1. The molecule has 2 rings (SSSR count). The van der Waals surface area contributed by atoms with Crippen molar-refractivity contribution < 1.29 is 22.7 Å². The molecule has 26 heavy (non-hydrogen) atoms. The molecule has 1 amide bonds. The Bertz CT molecular complexity index is 618. The van der Waals surface area contributed by atoms with Gasteiger partial charge in [0, 0.05) is 38.4 Å². The van der Waals surface area contributed by atoms with Gasteiger partial charge in [0.2, 0.25) is 5.91 Å². The lowest BCUT2D eigenvalue weighted by Crippen LogP contribution is -2.48. The Kier molecular flexibility index (Phi) is 7.05. The van der Waals surface area contributed by atoms with Crippen molar-refractivity contribution in [2.45, 2.75) is 20.2 Å². The summed E-state index contributed by atoms with van der Waals surface area (Å²) in [5.74, 6) is -0.504. The molecule has 1 aromatic carbocycles. The number of allylic oxidation sites excluding steroid dienone is 1. The monoisotopic (exact) mass is 371 g/mol. The maximum absolute atomic E-state index is 12.1. The molecule has 1 aromatic rings. The number of nitrogens with one attached hydrogen (secondary N) is 1. The lowest BCUT2D eigenvalue weighted by atomic mass is 10.2. The number of ether oxygens (including phenoxy) is 1. The van der Waals surface area contributed by atoms with Crippen LogP contribution in [0.4, 0.5) is 18.9 Å². The molecule has 0 saturated carbocycles. The molecule has 1 heterocycles. The molecule has 144 valence electrons. The second-order valence-corrected chi connectivity index (χ2v) is 6.48. The first-order valence-electron chi connectivity index (χ1n) is 8.45. The zero-order valence-electron chi connectivity index (χ0n) is 15.0. The van der Waals surface area contributed by atoms with Crippen molar-refractivity contribution in [1.82, 2.24) is 9.80 Å². The molecule has 0 atom stereocenters. The Morgan fingerprint density at radius 3 is 2.23 bits per heavy atom. The number of benzene rings is 1. The van der Waals surface area contributed by atoms with E-state index < -0.39 is 6.36 Å². The highest BCUT2D eigenvalue weighted by Crippen LogP contribution is 2.23. The molecule has 0 aromatic heterocycles. The molecule has 0 unspecified atom stereocenters. The van der Waals surface area contributed by atoms with Crippen LogP contribution >= 0.6 is 0 Å². The van der Waals surface area contributed by atoms with Crippen LogP contribution in [0, 0.1) is 0 Å². The summed E-state index contributed by atoms with van der Waals surface area (Å²) in [6.07, 6.45) is -2.53. The lowest BCUT2D eigenvalue weighted by Gasteiger charge is -2.33. The van der Waals surface area contributed by atoms with Gasteiger partial charge in [0.25, 0.3) is 0 Å². The van der Waals surface area contributed by atoms with E-state index in [1.165, 1.54) is 29.8 Å². The highest BCUT2D eigenvalue weighted by Gasteiger charge is 2.31. The number of rotatable bonds is 6. The molecule has 0 bridgehead atoms. The van der Waals surface area contributed by atoms with E-state index in [1.807, 2.05) is 0 Å². The predicted octanol–water partition coefficient (Wildman–Crippen LogP) is 3.11. The largest absolute Gasteiger partial charge is 0.573 e. The molecule has 0 aliphatic carbocycles. The van der Waals surface area contributed by atoms with E-state index in [-0.39, 0.29) is 18.2 Å². The van der Waals surface area contributed by atoms with Crippen LogP contribution in [0.2, 0.25) is 0 Å². The first-order chi connectivity index (χ1) is 12.2. The SMILES string of the molecule is CC(C)=CCN1CCN(CC(=O)Nc2ccc(OC(F)(F)F)cc2)CC1. The Balaban J connectivity index is 1.74. The Labute approximate surface area is 151 Å². The number of anilines is 1. The van der Waals surface area contributed by atoms with Crippen molar-refractivity contribution in [3.05, 3.63) is 35.9 Å². The first kappa shape index (κ1) is 20.3. The lowest BCUT2D eigenvalue weighted by molar-refractivity contribution is -0.274. The van der Waals surface area contributed by atoms with Gasteiger partial charge in [0.1, 0.15) is 5.75 Å². The Morgan fingerprint density at radius 1 is 1.12 bits per heavy atom. The number of hydrogen-bond donors (Lipinski definition) is 1. The summed E-state index contributed by atoms with van der Waals surface area (Å²) < 4.78 is 40.2. The van der Waals surface area contributed by atoms with E-state index in [0.29, 0.717) is 5.69 Å². The van der Waals surface area contributed by atoms with Gasteiger partial charge in [0.05, 0.1) is 6.54 Å². The van der Waals surface area contributed by atoms with Crippen LogP contribution < -0.4 is 10.1 Å². The minimum absolute atomic E-state index is 0.188. The van der Waals surface area contributed by atoms with Crippen molar-refractivity contribution in [2.24, 2.45) is 0 Å². The number of alkyl halides is 3. The van der Waals surface area contributed by atoms with Crippen LogP contribution in [0.15, 0.2) is 35.9 Å². The fraction of sp³-hybridized carbons (Fsp3) is 0.500. The fourth-order valence-corrected chi connectivity index (χ4v) is 2.59. The van der Waals surface area contributed by atoms with Gasteiger partial charge in [0.15, 0.2) is 0 Å². The summed E-state index contributed by atoms with van der Waals surface area (Å²) in [6.45, 7) is 8.75. The third kappa shape index (κ3) is 7.45. The third-order valence-electron chi connectivity index (χ3n) is 3.96. The van der Waals surface area contributed by atoms with E-state index in [4.69, 9.17) is 0 Å². The molecule has 1 aliphatic rings. The average Bonchev–Trinajstić information content (AvgIpc) is 2.54. The number of carbonyl (C=O) groups is 1. The highest BCUT2D eigenvalue weighted by atomic mass is 19.4. The molecule has 1 aliphatic heterocycles. The Hall–Kier alpha value is -2.06. The number of carbonyl (C=O) groups excluding carboxylic acids is 1. The second kappa shape index (κ2) is 9.05. The van der Waals surface area contributed by atoms with Crippen LogP contribution in [0.1, 0.15) is 13.8 Å². The van der Waals surface area contributed by atoms with Crippen LogP contribution in [0.5, 0.6) is 5.75 Å². The minimum atomic E-state index is -4.72. The van der Waals surface area contributed by atoms with Crippen molar-refractivity contribution in [2.75, 3.05) is 44.6 Å². The molecule has 8 heteroatoms. The minimum Gasteiger partial charge on any atom is -0.406 e. The van der Waals surface area contributed by atoms with Gasteiger partial charge in [-0.2, -0.15) is 0 Å². The van der Waals surface area contributed by atoms with Crippen LogP contribution in [0.25, 0.3) is 0 Å². The molecule has 5 nitrogen and oxygen atoms in total. The van der Waals surface area contributed by atoms with Crippen LogP contribution in [0.3, 0.4) is 0 Å². The normalized spacial score (nSPS) is 16.2. The van der Waals surface area contributed by atoms with Gasteiger partial charge in [-0.05, 0) is 38.1 Å². The quantitative estimate of drug-likeness (QED) is 0.781. The second-order valence-electron chi connectivity index (χ2n) is 6.48. The molecule has 1 N–H and O–H groups in total. The molecule has 1 fully saturated rings.